The number of methoxy groups -OCH3 is 1. The van der Waals surface area contributed by atoms with Crippen LogP contribution < -0.4 is 0 Å². The first-order valence-corrected chi connectivity index (χ1v) is 10.2. The maximum absolute atomic E-state index is 13.2. The molecule has 1 fully saturated rings. The van der Waals surface area contributed by atoms with Crippen molar-refractivity contribution in [3.05, 3.63) is 70.8 Å². The van der Waals surface area contributed by atoms with Gasteiger partial charge in [-0.25, -0.2) is 0 Å². The topological polar surface area (TPSA) is 80.4 Å². The average Bonchev–Trinajstić information content (AvgIpc) is 2.80. The number of piperidine rings is 1. The number of amides is 1. The zero-order valence-electron chi connectivity index (χ0n) is 17.3. The Morgan fingerprint density at radius 1 is 1.10 bits per heavy atom. The molecule has 154 valence electrons. The molecule has 2 aromatic carbocycles. The third-order valence-corrected chi connectivity index (χ3v) is 5.50. The number of carbonyl (C=O) groups is 1. The van der Waals surface area contributed by atoms with E-state index in [0.717, 1.165) is 38.0 Å². The zero-order chi connectivity index (χ0) is 21.3. The lowest BCUT2D eigenvalue weighted by Crippen LogP contribution is -2.48. The van der Waals surface area contributed by atoms with Crippen LogP contribution in [0.25, 0.3) is 0 Å². The maximum Gasteiger partial charge on any atom is 0.254 e. The number of rotatable bonds is 7. The molecule has 1 aliphatic heterocycles. The second-order valence-electron chi connectivity index (χ2n) is 7.50. The van der Waals surface area contributed by atoms with Crippen LogP contribution in [0.5, 0.6) is 0 Å². The van der Waals surface area contributed by atoms with Gasteiger partial charge in [0.1, 0.15) is 0 Å². The maximum atomic E-state index is 13.2. The molecule has 2 aromatic rings. The van der Waals surface area contributed by atoms with Crippen LogP contribution in [-0.4, -0.2) is 55.1 Å². The molecule has 0 radical (unpaired) electrons. The van der Waals surface area contributed by atoms with Crippen LogP contribution in [0.3, 0.4) is 0 Å². The number of ether oxygens (including phenoxy) is 1. The Hall–Kier alpha value is -3.19. The van der Waals surface area contributed by atoms with Gasteiger partial charge < -0.3 is 9.64 Å². The van der Waals surface area contributed by atoms with E-state index in [4.69, 9.17) is 15.3 Å². The van der Waals surface area contributed by atoms with Gasteiger partial charge in [0, 0.05) is 44.9 Å². The molecule has 0 N–H and O–H groups in total. The lowest BCUT2D eigenvalue weighted by molar-refractivity contribution is 0.0478. The molecule has 0 bridgehead atoms. The molecule has 30 heavy (non-hydrogen) atoms. The van der Waals surface area contributed by atoms with E-state index >= 15 is 0 Å². The van der Waals surface area contributed by atoms with Crippen molar-refractivity contribution in [2.24, 2.45) is 0 Å². The number of benzene rings is 2. The predicted octanol–water partition coefficient (Wildman–Crippen LogP) is 3.18. The van der Waals surface area contributed by atoms with Gasteiger partial charge in [0.05, 0.1) is 29.9 Å². The van der Waals surface area contributed by atoms with Gasteiger partial charge in [-0.3, -0.25) is 9.69 Å². The Morgan fingerprint density at radius 2 is 1.77 bits per heavy atom. The zero-order valence-corrected chi connectivity index (χ0v) is 17.3. The van der Waals surface area contributed by atoms with Gasteiger partial charge in [-0.1, -0.05) is 18.2 Å². The number of hydrogen-bond donors (Lipinski definition) is 0. The van der Waals surface area contributed by atoms with E-state index in [1.54, 1.807) is 31.4 Å². The number of carbonyl (C=O) groups excluding carboxylic acids is 1. The fourth-order valence-corrected chi connectivity index (χ4v) is 3.91. The fraction of sp³-hybridized carbons (Fsp3) is 0.375. The molecule has 6 nitrogen and oxygen atoms in total. The molecular weight excluding hydrogens is 376 g/mol. The third kappa shape index (κ3) is 5.45. The summed E-state index contributed by atoms with van der Waals surface area (Å²) in [6.07, 6.45) is 1.76. The number of nitrogens with zero attached hydrogens (tertiary/aromatic N) is 4. The number of nitriles is 2. The van der Waals surface area contributed by atoms with Gasteiger partial charge in [-0.2, -0.15) is 10.5 Å². The molecule has 0 aromatic heterocycles. The molecule has 1 amide bonds. The fourth-order valence-electron chi connectivity index (χ4n) is 3.91. The van der Waals surface area contributed by atoms with Crippen LogP contribution in [0, 0.1) is 22.7 Å². The summed E-state index contributed by atoms with van der Waals surface area (Å²) < 4.78 is 5.23. The summed E-state index contributed by atoms with van der Waals surface area (Å²) in [5.74, 6) is -0.0516. The molecule has 1 aliphatic rings. The standard InChI is InChI=1S/C24H26N4O2/c1-30-13-12-28(24(29)22-7-3-5-20(15-22)17-26)23-8-10-27(11-9-23)18-21-6-2-4-19(14-21)16-25/h2-7,14-15,23H,8-13,18H2,1H3. The summed E-state index contributed by atoms with van der Waals surface area (Å²) in [6.45, 7) is 3.58. The van der Waals surface area contributed by atoms with E-state index in [9.17, 15) is 4.79 Å². The molecule has 3 rings (SSSR count). The predicted molar refractivity (Wildman–Crippen MR) is 114 cm³/mol. The summed E-state index contributed by atoms with van der Waals surface area (Å²) in [5.41, 5.74) is 2.84. The Morgan fingerprint density at radius 3 is 2.43 bits per heavy atom. The molecule has 0 saturated carbocycles. The first kappa shape index (κ1) is 21.5. The van der Waals surface area contributed by atoms with Crippen molar-refractivity contribution in [3.63, 3.8) is 0 Å². The minimum Gasteiger partial charge on any atom is -0.383 e. The van der Waals surface area contributed by atoms with Gasteiger partial charge >= 0.3 is 0 Å². The highest BCUT2D eigenvalue weighted by molar-refractivity contribution is 5.94. The van der Waals surface area contributed by atoms with Gasteiger partial charge in [0.25, 0.3) is 5.91 Å². The van der Waals surface area contributed by atoms with Crippen LogP contribution >= 0.6 is 0 Å². The Bertz CT molecular complexity index is 952. The number of likely N-dealkylation sites (tertiary alicyclic amines) is 1. The van der Waals surface area contributed by atoms with E-state index in [1.807, 2.05) is 29.2 Å². The minimum atomic E-state index is -0.0516. The second-order valence-corrected chi connectivity index (χ2v) is 7.50. The molecule has 0 unspecified atom stereocenters. The first-order valence-electron chi connectivity index (χ1n) is 10.2. The molecule has 1 saturated heterocycles. The van der Waals surface area contributed by atoms with Crippen molar-refractivity contribution in [2.75, 3.05) is 33.4 Å². The highest BCUT2D eigenvalue weighted by Gasteiger charge is 2.28. The summed E-state index contributed by atoms with van der Waals surface area (Å²) >= 11 is 0. The first-order chi connectivity index (χ1) is 14.6. The van der Waals surface area contributed by atoms with Crippen molar-refractivity contribution < 1.29 is 9.53 Å². The van der Waals surface area contributed by atoms with E-state index in [-0.39, 0.29) is 11.9 Å². The lowest BCUT2D eigenvalue weighted by Gasteiger charge is -2.38. The Balaban J connectivity index is 1.65. The summed E-state index contributed by atoms with van der Waals surface area (Å²) in [7, 11) is 1.64. The van der Waals surface area contributed by atoms with Crippen LogP contribution in [-0.2, 0) is 11.3 Å². The second kappa shape index (κ2) is 10.5. The van der Waals surface area contributed by atoms with Gasteiger partial charge in [-0.05, 0) is 48.7 Å². The van der Waals surface area contributed by atoms with E-state index in [2.05, 4.69) is 17.0 Å². The van der Waals surface area contributed by atoms with Crippen molar-refractivity contribution >= 4 is 5.91 Å². The monoisotopic (exact) mass is 402 g/mol. The molecule has 0 atom stereocenters. The van der Waals surface area contributed by atoms with Gasteiger partial charge in [-0.15, -0.1) is 0 Å². The highest BCUT2D eigenvalue weighted by Crippen LogP contribution is 2.21. The Labute approximate surface area is 177 Å². The molecule has 6 heteroatoms. The molecule has 0 aliphatic carbocycles. The molecule has 0 spiro atoms. The van der Waals surface area contributed by atoms with E-state index in [1.165, 1.54) is 0 Å². The van der Waals surface area contributed by atoms with Crippen molar-refractivity contribution in [1.29, 1.82) is 10.5 Å². The number of hydrogen-bond acceptors (Lipinski definition) is 5. The van der Waals surface area contributed by atoms with Gasteiger partial charge in [0.15, 0.2) is 0 Å². The van der Waals surface area contributed by atoms with Crippen LogP contribution in [0.1, 0.15) is 39.9 Å². The lowest BCUT2D eigenvalue weighted by atomic mass is 10.0. The largest absolute Gasteiger partial charge is 0.383 e. The van der Waals surface area contributed by atoms with Crippen molar-refractivity contribution in [3.8, 4) is 12.1 Å². The van der Waals surface area contributed by atoms with Crippen LogP contribution in [0.4, 0.5) is 0 Å². The normalized spacial score (nSPS) is 14.6. The highest BCUT2D eigenvalue weighted by atomic mass is 16.5. The summed E-state index contributed by atoms with van der Waals surface area (Å²) in [6, 6.07) is 19.0. The van der Waals surface area contributed by atoms with Crippen LogP contribution in [0.2, 0.25) is 0 Å². The average molecular weight is 402 g/mol. The SMILES string of the molecule is COCCN(C(=O)c1cccc(C#N)c1)C1CCN(Cc2cccc(C#N)c2)CC1. The Kier molecular flexibility index (Phi) is 7.57. The smallest absolute Gasteiger partial charge is 0.254 e. The third-order valence-electron chi connectivity index (χ3n) is 5.50. The van der Waals surface area contributed by atoms with Gasteiger partial charge in [0.2, 0.25) is 0 Å². The van der Waals surface area contributed by atoms with Crippen molar-refractivity contribution in [2.45, 2.75) is 25.4 Å². The van der Waals surface area contributed by atoms with E-state index < -0.39 is 0 Å². The molecular formula is C24H26N4O2. The summed E-state index contributed by atoms with van der Waals surface area (Å²) in [4.78, 5) is 17.4. The minimum absolute atomic E-state index is 0.0516. The van der Waals surface area contributed by atoms with Crippen molar-refractivity contribution in [1.82, 2.24) is 9.80 Å². The van der Waals surface area contributed by atoms with E-state index in [0.29, 0.717) is 29.8 Å². The van der Waals surface area contributed by atoms with Crippen LogP contribution in [0.15, 0.2) is 48.5 Å². The quantitative estimate of drug-likeness (QED) is 0.711. The summed E-state index contributed by atoms with van der Waals surface area (Å²) in [5, 5.41) is 18.2. The molecule has 1 heterocycles.